The Morgan fingerprint density at radius 1 is 0.592 bits per heavy atom. The monoisotopic (exact) mass is 737 g/mol. The summed E-state index contributed by atoms with van der Waals surface area (Å²) in [4.78, 5) is 32.2. The molecule has 2 atom stereocenters. The van der Waals surface area contributed by atoms with Crippen LogP contribution in [0.5, 0.6) is 0 Å². The highest BCUT2D eigenvalue weighted by Gasteiger charge is 2.23. The normalized spacial score (nSPS) is 16.2. The summed E-state index contributed by atoms with van der Waals surface area (Å²) in [5.41, 5.74) is 4.18. The Morgan fingerprint density at radius 2 is 1.00 bits per heavy atom. The number of halogens is 1. The second-order valence-electron chi connectivity index (χ2n) is 14.4. The lowest BCUT2D eigenvalue weighted by molar-refractivity contribution is 0.0843. The third-order valence-electron chi connectivity index (χ3n) is 10.5. The number of Topliss-reactive ketones (excluding diaryl/α,β-unsaturated/α-hetero) is 2. The van der Waals surface area contributed by atoms with Gasteiger partial charge in [-0.25, -0.2) is 0 Å². The van der Waals surface area contributed by atoms with E-state index >= 15 is 0 Å². The van der Waals surface area contributed by atoms with Crippen LogP contribution in [-0.4, -0.2) is 67.1 Å². The van der Waals surface area contributed by atoms with Gasteiger partial charge in [-0.3, -0.25) is 14.5 Å². The molecule has 2 aromatic carbocycles. The molecule has 0 bridgehead atoms. The summed E-state index contributed by atoms with van der Waals surface area (Å²) < 4.78 is 0. The zero-order valence-corrected chi connectivity index (χ0v) is 33.2. The number of benzene rings is 2. The van der Waals surface area contributed by atoms with Crippen LogP contribution in [-0.2, 0) is 0 Å². The molecule has 2 heterocycles. The fourth-order valence-corrected chi connectivity index (χ4v) is 7.50. The molecule has 0 aliphatic carbocycles. The van der Waals surface area contributed by atoms with Crippen LogP contribution in [0.25, 0.3) is 0 Å². The van der Waals surface area contributed by atoms with E-state index in [9.17, 15) is 9.59 Å². The van der Waals surface area contributed by atoms with Crippen LogP contribution in [0.4, 0.5) is 11.4 Å². The summed E-state index contributed by atoms with van der Waals surface area (Å²) in [7, 11) is 2.13. The molecule has 2 saturated heterocycles. The molecule has 2 unspecified atom stereocenters. The van der Waals surface area contributed by atoms with E-state index < -0.39 is 0 Å². The van der Waals surface area contributed by atoms with E-state index in [1.54, 1.807) is 0 Å². The van der Waals surface area contributed by atoms with E-state index in [0.29, 0.717) is 0 Å². The summed E-state index contributed by atoms with van der Waals surface area (Å²) in [6.45, 7) is 12.0. The van der Waals surface area contributed by atoms with Gasteiger partial charge >= 0.3 is 0 Å². The van der Waals surface area contributed by atoms with Crippen molar-refractivity contribution < 1.29 is 9.59 Å². The number of ketones is 2. The molecule has 0 radical (unpaired) electrons. The van der Waals surface area contributed by atoms with E-state index in [4.69, 9.17) is 0 Å². The lowest BCUT2D eigenvalue weighted by atomic mass is 9.99. The number of piperidine rings is 2. The van der Waals surface area contributed by atoms with Gasteiger partial charge in [0.15, 0.2) is 11.6 Å². The maximum absolute atomic E-state index is 13.1. The molecule has 6 heteroatoms. The molecular weight excluding hydrogens is 670 g/mol. The molecule has 0 N–H and O–H groups in total. The molecule has 0 amide bonds. The lowest BCUT2D eigenvalue weighted by Gasteiger charge is -2.29. The van der Waals surface area contributed by atoms with Crippen LogP contribution in [0.1, 0.15) is 157 Å². The van der Waals surface area contributed by atoms with Gasteiger partial charge in [0.1, 0.15) is 0 Å². The predicted octanol–water partition coefficient (Wildman–Crippen LogP) is 11.5. The van der Waals surface area contributed by atoms with Crippen LogP contribution in [0.15, 0.2) is 48.5 Å². The number of nitrogens with zero attached hydrogens (tertiary/aromatic N) is 3. The molecular formula is C43H68BrN3O2. The maximum atomic E-state index is 13.1. The van der Waals surface area contributed by atoms with Crippen LogP contribution in [0.2, 0.25) is 0 Å². The number of carbonyl (C=O) groups excluding carboxylic acids is 2. The number of hydrogen-bond acceptors (Lipinski definition) is 5. The third-order valence-corrected chi connectivity index (χ3v) is 11.5. The standard InChI is InChI=1S/C28H48N2O.C15H20BrNO/c1-4-6-7-8-9-10-11-12-13-15-22-29(3)27(5-2)28(31)25-18-20-26(21-19-25)30-23-16-14-17-24-30;1-2-14(16)15(18)12-6-8-13(9-7-12)17-10-4-3-5-11-17/h18-21,27H,4-17,22-24H2,1-3H3;6-9,14H,2-5,10-11H2,1H3. The number of likely N-dealkylation sites (N-methyl/N-ethyl adjacent to an activating group) is 1. The Kier molecular flexibility index (Phi) is 20.3. The predicted molar refractivity (Wildman–Crippen MR) is 215 cm³/mol. The Balaban J connectivity index is 0.000000305. The van der Waals surface area contributed by atoms with Crippen molar-refractivity contribution in [3.63, 3.8) is 0 Å². The molecule has 4 rings (SSSR count). The van der Waals surface area contributed by atoms with Crippen LogP contribution >= 0.6 is 15.9 Å². The second-order valence-corrected chi connectivity index (χ2v) is 15.5. The molecule has 2 aromatic rings. The fourth-order valence-electron chi connectivity index (χ4n) is 7.24. The summed E-state index contributed by atoms with van der Waals surface area (Å²) in [6, 6.07) is 16.4. The van der Waals surface area contributed by atoms with Gasteiger partial charge in [-0.1, -0.05) is 94.5 Å². The van der Waals surface area contributed by atoms with Gasteiger partial charge in [0.25, 0.3) is 0 Å². The van der Waals surface area contributed by atoms with Crippen molar-refractivity contribution >= 4 is 38.9 Å². The number of rotatable bonds is 20. The zero-order valence-electron chi connectivity index (χ0n) is 31.6. The van der Waals surface area contributed by atoms with Gasteiger partial charge in [0, 0.05) is 48.7 Å². The van der Waals surface area contributed by atoms with Crippen LogP contribution in [0, 0.1) is 0 Å². The molecule has 0 saturated carbocycles. The molecule has 0 spiro atoms. The highest BCUT2D eigenvalue weighted by Crippen LogP contribution is 2.23. The first-order chi connectivity index (χ1) is 23.9. The summed E-state index contributed by atoms with van der Waals surface area (Å²) in [5, 5.41) is 0. The van der Waals surface area contributed by atoms with E-state index in [0.717, 1.165) is 56.7 Å². The Morgan fingerprint density at radius 3 is 1.41 bits per heavy atom. The Bertz CT molecular complexity index is 1170. The average Bonchev–Trinajstić information content (AvgIpc) is 3.16. The quantitative estimate of drug-likeness (QED) is 0.0769. The number of carbonyl (C=O) groups is 2. The van der Waals surface area contributed by atoms with E-state index in [1.165, 1.54) is 114 Å². The Labute approximate surface area is 308 Å². The molecule has 5 nitrogen and oxygen atoms in total. The van der Waals surface area contributed by atoms with Crippen molar-refractivity contribution in [2.75, 3.05) is 49.6 Å². The first-order valence-corrected chi connectivity index (χ1v) is 20.9. The average molecular weight is 739 g/mol. The smallest absolute Gasteiger partial charge is 0.179 e. The van der Waals surface area contributed by atoms with Gasteiger partial charge in [-0.2, -0.15) is 0 Å². The van der Waals surface area contributed by atoms with Crippen molar-refractivity contribution in [3.8, 4) is 0 Å². The lowest BCUT2D eigenvalue weighted by Crippen LogP contribution is -2.38. The number of anilines is 2. The maximum Gasteiger partial charge on any atom is 0.179 e. The van der Waals surface area contributed by atoms with Gasteiger partial charge in [0.2, 0.25) is 0 Å². The number of hydrogen-bond donors (Lipinski definition) is 0. The second kappa shape index (κ2) is 24.1. The highest BCUT2D eigenvalue weighted by atomic mass is 79.9. The highest BCUT2D eigenvalue weighted by molar-refractivity contribution is 9.10. The Hall–Kier alpha value is -2.18. The van der Waals surface area contributed by atoms with Crippen molar-refractivity contribution in [3.05, 3.63) is 59.7 Å². The van der Waals surface area contributed by atoms with E-state index in [2.05, 4.69) is 75.8 Å². The van der Waals surface area contributed by atoms with Crippen LogP contribution in [0.3, 0.4) is 0 Å². The first kappa shape index (κ1) is 41.2. The molecule has 2 aliphatic rings. The van der Waals surface area contributed by atoms with Gasteiger partial charge in [-0.05, 0) is 120 Å². The minimum Gasteiger partial charge on any atom is -0.372 e. The minimum atomic E-state index is -0.0571. The fraction of sp³-hybridized carbons (Fsp3) is 0.674. The molecule has 274 valence electrons. The molecule has 2 aliphatic heterocycles. The van der Waals surface area contributed by atoms with Crippen molar-refractivity contribution in [1.82, 2.24) is 4.90 Å². The molecule has 49 heavy (non-hydrogen) atoms. The first-order valence-electron chi connectivity index (χ1n) is 20.0. The zero-order chi connectivity index (χ0) is 35.3. The van der Waals surface area contributed by atoms with Crippen molar-refractivity contribution in [2.45, 2.75) is 147 Å². The van der Waals surface area contributed by atoms with Gasteiger partial charge in [-0.15, -0.1) is 0 Å². The summed E-state index contributed by atoms with van der Waals surface area (Å²) in [5.74, 6) is 0.463. The van der Waals surface area contributed by atoms with Crippen molar-refractivity contribution in [2.24, 2.45) is 0 Å². The minimum absolute atomic E-state index is 0.000553. The summed E-state index contributed by atoms with van der Waals surface area (Å²) in [6.07, 6.45) is 23.0. The number of unbranched alkanes of at least 4 members (excludes halogenated alkanes) is 9. The van der Waals surface area contributed by atoms with Crippen molar-refractivity contribution in [1.29, 1.82) is 0 Å². The van der Waals surface area contributed by atoms with Gasteiger partial charge in [0.05, 0.1) is 10.9 Å². The topological polar surface area (TPSA) is 43.9 Å². The summed E-state index contributed by atoms with van der Waals surface area (Å²) >= 11 is 3.41. The SMILES string of the molecule is CCC(Br)C(=O)c1ccc(N2CCCCC2)cc1.CCCCCCCCCCCCN(C)C(CC)C(=O)c1ccc(N2CCCCC2)cc1. The number of alkyl halides is 1. The largest absolute Gasteiger partial charge is 0.372 e. The van der Waals surface area contributed by atoms with Gasteiger partial charge < -0.3 is 9.80 Å². The third kappa shape index (κ3) is 14.5. The molecule has 2 fully saturated rings. The van der Waals surface area contributed by atoms with Crippen LogP contribution < -0.4 is 9.80 Å². The molecule has 0 aromatic heterocycles. The van der Waals surface area contributed by atoms with E-state index in [-0.39, 0.29) is 22.4 Å². The van der Waals surface area contributed by atoms with E-state index in [1.807, 2.05) is 31.2 Å².